The fourth-order valence-electron chi connectivity index (χ4n) is 1.78. The lowest BCUT2D eigenvalue weighted by Gasteiger charge is -2.32. The van der Waals surface area contributed by atoms with Crippen molar-refractivity contribution in [2.45, 2.75) is 71.9 Å². The summed E-state index contributed by atoms with van der Waals surface area (Å²) in [5, 5.41) is 12.8. The number of rotatable bonds is 7. The van der Waals surface area contributed by atoms with Gasteiger partial charge in [0.05, 0.1) is 6.07 Å². The lowest BCUT2D eigenvalue weighted by Crippen LogP contribution is -2.48. The van der Waals surface area contributed by atoms with E-state index in [0.29, 0.717) is 12.0 Å². The van der Waals surface area contributed by atoms with Crippen molar-refractivity contribution in [3.05, 3.63) is 0 Å². The molecule has 0 aromatic carbocycles. The van der Waals surface area contributed by atoms with Gasteiger partial charge in [-0.05, 0) is 32.1 Å². The van der Waals surface area contributed by atoms with Crippen LogP contribution in [0.4, 0.5) is 0 Å². The van der Waals surface area contributed by atoms with Crippen LogP contribution in [0.1, 0.15) is 60.3 Å². The van der Waals surface area contributed by atoms with Gasteiger partial charge in [-0.25, -0.2) is 0 Å². The minimum absolute atomic E-state index is 0.315. The van der Waals surface area contributed by atoms with Crippen molar-refractivity contribution >= 4 is 0 Å². The molecule has 0 saturated carbocycles. The number of hydrogen-bond acceptors (Lipinski definition) is 2. The Hall–Kier alpha value is -0.550. The second kappa shape index (κ2) is 6.85. The highest BCUT2D eigenvalue weighted by Gasteiger charge is 2.30. The average Bonchev–Trinajstić information content (AvgIpc) is 2.27. The van der Waals surface area contributed by atoms with E-state index in [1.165, 1.54) is 0 Å². The number of nitriles is 1. The van der Waals surface area contributed by atoms with E-state index in [9.17, 15) is 5.26 Å². The van der Waals surface area contributed by atoms with Crippen molar-refractivity contribution in [2.75, 3.05) is 0 Å². The lowest BCUT2D eigenvalue weighted by molar-refractivity contribution is 0.285. The minimum atomic E-state index is -0.315. The van der Waals surface area contributed by atoms with Gasteiger partial charge in [0.25, 0.3) is 0 Å². The Bertz CT molecular complexity index is 193. The molecular formula is C13H26N2. The van der Waals surface area contributed by atoms with Crippen LogP contribution < -0.4 is 5.32 Å². The first kappa shape index (κ1) is 14.5. The average molecular weight is 210 g/mol. The monoisotopic (exact) mass is 210 g/mol. The molecule has 1 N–H and O–H groups in total. The van der Waals surface area contributed by atoms with Gasteiger partial charge < -0.3 is 0 Å². The Balaban J connectivity index is 4.52. The summed E-state index contributed by atoms with van der Waals surface area (Å²) in [6, 6.07) is 2.91. The summed E-state index contributed by atoms with van der Waals surface area (Å²) < 4.78 is 0. The molecule has 3 unspecified atom stereocenters. The van der Waals surface area contributed by atoms with Gasteiger partial charge in [-0.1, -0.05) is 34.1 Å². The zero-order valence-electron chi connectivity index (χ0n) is 10.9. The van der Waals surface area contributed by atoms with Crippen LogP contribution in [0.3, 0.4) is 0 Å². The first-order chi connectivity index (χ1) is 7.03. The molecule has 2 nitrogen and oxygen atoms in total. The Kier molecular flexibility index (Phi) is 6.60. The highest BCUT2D eigenvalue weighted by Crippen LogP contribution is 2.23. The number of hydrogen-bond donors (Lipinski definition) is 1. The molecule has 0 aromatic heterocycles. The third kappa shape index (κ3) is 4.66. The molecule has 0 heterocycles. The third-order valence-electron chi connectivity index (χ3n) is 3.35. The van der Waals surface area contributed by atoms with Crippen molar-refractivity contribution < 1.29 is 0 Å². The van der Waals surface area contributed by atoms with Crippen LogP contribution in [-0.4, -0.2) is 11.6 Å². The van der Waals surface area contributed by atoms with Crippen molar-refractivity contribution in [2.24, 2.45) is 5.92 Å². The molecule has 0 radical (unpaired) electrons. The van der Waals surface area contributed by atoms with Crippen LogP contribution in [0.2, 0.25) is 0 Å². The van der Waals surface area contributed by atoms with Gasteiger partial charge >= 0.3 is 0 Å². The van der Waals surface area contributed by atoms with Gasteiger partial charge in [0, 0.05) is 6.04 Å². The molecule has 0 amide bonds. The normalized spacial score (nSPS) is 18.9. The van der Waals surface area contributed by atoms with Gasteiger partial charge in [0.2, 0.25) is 0 Å². The summed E-state index contributed by atoms with van der Waals surface area (Å²) in [5.74, 6) is 0.612. The molecule has 0 fully saturated rings. The zero-order valence-corrected chi connectivity index (χ0v) is 10.9. The quantitative estimate of drug-likeness (QED) is 0.698. The van der Waals surface area contributed by atoms with Crippen LogP contribution in [0.25, 0.3) is 0 Å². The van der Waals surface area contributed by atoms with E-state index in [1.54, 1.807) is 0 Å². The Morgan fingerprint density at radius 1 is 1.20 bits per heavy atom. The molecule has 0 spiro atoms. The highest BCUT2D eigenvalue weighted by molar-refractivity contribution is 5.07. The van der Waals surface area contributed by atoms with Crippen LogP contribution in [0, 0.1) is 17.2 Å². The Labute approximate surface area is 95.1 Å². The summed E-state index contributed by atoms with van der Waals surface area (Å²) >= 11 is 0. The maximum absolute atomic E-state index is 9.35. The Morgan fingerprint density at radius 2 is 1.80 bits per heavy atom. The van der Waals surface area contributed by atoms with Crippen LogP contribution in [-0.2, 0) is 0 Å². The van der Waals surface area contributed by atoms with Gasteiger partial charge in [0.15, 0.2) is 0 Å². The number of nitrogens with zero attached hydrogens (tertiary/aromatic N) is 1. The standard InChI is InChI=1S/C13H26N2/c1-6-11(4)9-13(8-3,10-14)15-12(5)7-2/h11-12,15H,6-9H2,1-5H3. The van der Waals surface area contributed by atoms with Gasteiger partial charge in [-0.15, -0.1) is 0 Å². The number of nitrogens with one attached hydrogen (secondary N) is 1. The summed E-state index contributed by atoms with van der Waals surface area (Å²) in [7, 11) is 0. The molecule has 0 aliphatic carbocycles. The molecule has 0 bridgehead atoms. The molecule has 3 atom stereocenters. The fraction of sp³-hybridized carbons (Fsp3) is 0.923. The predicted octanol–water partition coefficient (Wildman–Crippen LogP) is 3.48. The smallest absolute Gasteiger partial charge is 0.106 e. The van der Waals surface area contributed by atoms with E-state index in [-0.39, 0.29) is 5.54 Å². The van der Waals surface area contributed by atoms with Crippen molar-refractivity contribution in [1.29, 1.82) is 5.26 Å². The molecule has 0 rings (SSSR count). The van der Waals surface area contributed by atoms with Gasteiger partial charge in [-0.2, -0.15) is 5.26 Å². The minimum Gasteiger partial charge on any atom is -0.297 e. The molecule has 2 heteroatoms. The zero-order chi connectivity index (χ0) is 11.9. The maximum Gasteiger partial charge on any atom is 0.106 e. The predicted molar refractivity (Wildman–Crippen MR) is 65.6 cm³/mol. The Morgan fingerprint density at radius 3 is 2.13 bits per heavy atom. The SMILES string of the molecule is CCC(C)CC(C#N)(CC)NC(C)CC. The van der Waals surface area contributed by atoms with Crippen molar-refractivity contribution in [3.63, 3.8) is 0 Å². The van der Waals surface area contributed by atoms with Crippen molar-refractivity contribution in [3.8, 4) is 6.07 Å². The van der Waals surface area contributed by atoms with E-state index in [4.69, 9.17) is 0 Å². The fourth-order valence-corrected chi connectivity index (χ4v) is 1.78. The molecule has 0 aliphatic heterocycles. The maximum atomic E-state index is 9.35. The topological polar surface area (TPSA) is 35.8 Å². The van der Waals surface area contributed by atoms with Gasteiger partial charge in [-0.3, -0.25) is 5.32 Å². The van der Waals surface area contributed by atoms with E-state index < -0.39 is 0 Å². The third-order valence-corrected chi connectivity index (χ3v) is 3.35. The first-order valence-corrected chi connectivity index (χ1v) is 6.22. The summed E-state index contributed by atoms with van der Waals surface area (Å²) in [6.07, 6.45) is 4.06. The molecule has 0 aliphatic rings. The first-order valence-electron chi connectivity index (χ1n) is 6.22. The molecular weight excluding hydrogens is 184 g/mol. The second-order valence-electron chi connectivity index (χ2n) is 4.72. The van der Waals surface area contributed by atoms with E-state index in [2.05, 4.69) is 46.0 Å². The molecule has 15 heavy (non-hydrogen) atoms. The van der Waals surface area contributed by atoms with Gasteiger partial charge in [0.1, 0.15) is 5.54 Å². The molecule has 0 saturated heterocycles. The summed E-state index contributed by atoms with van der Waals surface area (Å²) in [6.45, 7) is 10.8. The van der Waals surface area contributed by atoms with Crippen LogP contribution in [0.15, 0.2) is 0 Å². The van der Waals surface area contributed by atoms with E-state index in [1.807, 2.05) is 0 Å². The van der Waals surface area contributed by atoms with Crippen molar-refractivity contribution in [1.82, 2.24) is 5.32 Å². The molecule has 0 aromatic rings. The lowest BCUT2D eigenvalue weighted by atomic mass is 9.85. The summed E-state index contributed by atoms with van der Waals surface area (Å²) in [5.41, 5.74) is -0.315. The highest BCUT2D eigenvalue weighted by atomic mass is 15.0. The molecule has 88 valence electrons. The van der Waals surface area contributed by atoms with Crippen LogP contribution in [0.5, 0.6) is 0 Å². The summed E-state index contributed by atoms with van der Waals surface area (Å²) in [4.78, 5) is 0. The second-order valence-corrected chi connectivity index (χ2v) is 4.72. The van der Waals surface area contributed by atoms with E-state index >= 15 is 0 Å². The largest absolute Gasteiger partial charge is 0.297 e. The van der Waals surface area contributed by atoms with Crippen LogP contribution >= 0.6 is 0 Å². The van der Waals surface area contributed by atoms with E-state index in [0.717, 1.165) is 25.7 Å².